The summed E-state index contributed by atoms with van der Waals surface area (Å²) in [6, 6.07) is 45.0. The Bertz CT molecular complexity index is 2800. The summed E-state index contributed by atoms with van der Waals surface area (Å²) in [7, 11) is 40.5. The van der Waals surface area contributed by atoms with Gasteiger partial charge in [-0.25, -0.2) is 0 Å². The van der Waals surface area contributed by atoms with Gasteiger partial charge in [0.1, 0.15) is 47.1 Å². The van der Waals surface area contributed by atoms with E-state index in [9.17, 15) is 0 Å². The van der Waals surface area contributed by atoms with Crippen molar-refractivity contribution in [3.8, 4) is 33.6 Å². The van der Waals surface area contributed by atoms with Crippen LogP contribution < -0.4 is 32.8 Å². The van der Waals surface area contributed by atoms with Crippen molar-refractivity contribution in [1.29, 1.82) is 0 Å². The summed E-state index contributed by atoms with van der Waals surface area (Å²) >= 11 is 0. The Balaban J connectivity index is 1.43. The molecule has 2 aromatic heterocycles. The van der Waals surface area contributed by atoms with Crippen molar-refractivity contribution < 1.29 is 0 Å². The first kappa shape index (κ1) is 30.6. The Morgan fingerprint density at radius 3 is 1.28 bits per heavy atom. The number of benzene rings is 7. The molecule has 7 aromatic carbocycles. The maximum Gasteiger partial charge on any atom is 0.116 e. The highest BCUT2D eigenvalue weighted by atomic mass is 15.0. The van der Waals surface area contributed by atoms with Gasteiger partial charge in [0.15, 0.2) is 0 Å². The zero-order valence-electron chi connectivity index (χ0n) is 27.1. The second-order valence-corrected chi connectivity index (χ2v) is 12.7. The fourth-order valence-electron chi connectivity index (χ4n) is 7.57. The van der Waals surface area contributed by atoms with Crippen LogP contribution in [0, 0.1) is 0 Å². The monoisotopic (exact) mass is 620 g/mol. The SMILES string of the molecule is [B]c1cc([B])c2c(c1[B])c1c3c4c([B])c([B])cc([B])c4n(-c4cccc(-c5ccccc5)c4)c3ccc1n2-c1ccc(-c2ccccc2)cc1. The summed E-state index contributed by atoms with van der Waals surface area (Å²) in [4.78, 5) is 0. The van der Waals surface area contributed by atoms with Gasteiger partial charge in [-0.3, -0.25) is 0 Å². The van der Waals surface area contributed by atoms with E-state index in [1.165, 1.54) is 0 Å². The van der Waals surface area contributed by atoms with Crippen LogP contribution >= 0.6 is 0 Å². The molecule has 0 aliphatic heterocycles. The third-order valence-corrected chi connectivity index (χ3v) is 9.84. The lowest BCUT2D eigenvalue weighted by Crippen LogP contribution is -2.31. The molecule has 0 amide bonds. The zero-order chi connectivity index (χ0) is 34.3. The first-order valence-electron chi connectivity index (χ1n) is 16.4. The van der Waals surface area contributed by atoms with E-state index in [0.29, 0.717) is 32.8 Å². The van der Waals surface area contributed by atoms with Crippen molar-refractivity contribution in [2.75, 3.05) is 0 Å². The molecule has 0 bridgehead atoms. The molecule has 0 spiro atoms. The highest BCUT2D eigenvalue weighted by Crippen LogP contribution is 2.41. The van der Waals surface area contributed by atoms with Crippen molar-refractivity contribution >= 4 is 123 Å². The molecular weight excluding hydrogens is 597 g/mol. The molecule has 0 saturated heterocycles. The molecule has 50 heavy (non-hydrogen) atoms. The van der Waals surface area contributed by atoms with E-state index >= 15 is 0 Å². The molecule has 8 heteroatoms. The summed E-state index contributed by atoms with van der Waals surface area (Å²) in [5.41, 5.74) is 12.3. The van der Waals surface area contributed by atoms with Gasteiger partial charge in [0.05, 0.1) is 11.0 Å². The van der Waals surface area contributed by atoms with Crippen LogP contribution in [0.1, 0.15) is 0 Å². The largest absolute Gasteiger partial charge is 0.310 e. The van der Waals surface area contributed by atoms with Crippen LogP contribution in [0.25, 0.3) is 77.2 Å². The molecule has 2 heterocycles. The molecule has 2 nitrogen and oxygen atoms in total. The summed E-state index contributed by atoms with van der Waals surface area (Å²) in [6.07, 6.45) is 0. The van der Waals surface area contributed by atoms with Crippen molar-refractivity contribution in [1.82, 2.24) is 9.13 Å². The molecule has 0 saturated carbocycles. The molecule has 0 aliphatic rings. The van der Waals surface area contributed by atoms with Crippen molar-refractivity contribution in [3.05, 3.63) is 133 Å². The molecule has 0 aliphatic carbocycles. The van der Waals surface area contributed by atoms with Gasteiger partial charge in [-0.1, -0.05) is 119 Å². The fraction of sp³-hybridized carbons (Fsp3) is 0. The average Bonchev–Trinajstić information content (AvgIpc) is 3.69. The van der Waals surface area contributed by atoms with E-state index in [2.05, 4.69) is 94.1 Å². The van der Waals surface area contributed by atoms with E-state index in [1.54, 1.807) is 12.1 Å². The minimum absolute atomic E-state index is 0.399. The van der Waals surface area contributed by atoms with Crippen LogP contribution in [0.5, 0.6) is 0 Å². The van der Waals surface area contributed by atoms with Crippen LogP contribution in [0.3, 0.4) is 0 Å². The van der Waals surface area contributed by atoms with Crippen LogP contribution in [-0.4, -0.2) is 56.2 Å². The molecule has 0 N–H and O–H groups in total. The Labute approximate surface area is 298 Å². The summed E-state index contributed by atoms with van der Waals surface area (Å²) in [5.74, 6) is 0. The number of nitrogens with zero attached hydrogens (tertiary/aromatic N) is 2. The van der Waals surface area contributed by atoms with Gasteiger partial charge in [-0.2, -0.15) is 0 Å². The van der Waals surface area contributed by atoms with E-state index in [4.69, 9.17) is 47.1 Å². The number of aromatic nitrogens is 2. The molecule has 0 atom stereocenters. The summed E-state index contributed by atoms with van der Waals surface area (Å²) in [6.45, 7) is 0. The van der Waals surface area contributed by atoms with Crippen LogP contribution in [0.2, 0.25) is 0 Å². The molecular formula is C42H22B6N2. The minimum atomic E-state index is 0.399. The van der Waals surface area contributed by atoms with E-state index in [-0.39, 0.29) is 0 Å². The van der Waals surface area contributed by atoms with Crippen molar-refractivity contribution in [2.24, 2.45) is 0 Å². The lowest BCUT2D eigenvalue weighted by molar-refractivity contribution is 1.18. The Kier molecular flexibility index (Phi) is 7.07. The zero-order valence-corrected chi connectivity index (χ0v) is 27.1. The van der Waals surface area contributed by atoms with Gasteiger partial charge < -0.3 is 9.13 Å². The Morgan fingerprint density at radius 1 is 0.320 bits per heavy atom. The molecule has 9 rings (SSSR count). The first-order valence-corrected chi connectivity index (χ1v) is 16.4. The standard InChI is InChI=1S/C42H22B6N2/c43-29-21-31(45)41-37(39(29)47)35-33(49(41)27-16-14-25(15-17-27)23-8-3-1-4-9-23)18-19-34-36(35)38-40(48)30(44)22-32(46)42(38)50(34)28-13-7-12-26(20-28)24-10-5-2-6-11-24/h1-22H. The third-order valence-electron chi connectivity index (χ3n) is 9.84. The van der Waals surface area contributed by atoms with E-state index in [0.717, 1.165) is 77.2 Å². The predicted molar refractivity (Wildman–Crippen MR) is 218 cm³/mol. The Hall–Kier alpha value is -5.47. The highest BCUT2D eigenvalue weighted by Gasteiger charge is 2.24. The van der Waals surface area contributed by atoms with Gasteiger partial charge >= 0.3 is 0 Å². The lowest BCUT2D eigenvalue weighted by Gasteiger charge is -2.14. The lowest BCUT2D eigenvalue weighted by atomic mass is 9.73. The second-order valence-electron chi connectivity index (χ2n) is 12.7. The first-order chi connectivity index (χ1) is 24.3. The molecule has 9 aromatic rings. The van der Waals surface area contributed by atoms with Gasteiger partial charge in [0.2, 0.25) is 0 Å². The van der Waals surface area contributed by atoms with Crippen LogP contribution in [0.4, 0.5) is 0 Å². The van der Waals surface area contributed by atoms with Gasteiger partial charge in [-0.05, 0) is 58.7 Å². The summed E-state index contributed by atoms with van der Waals surface area (Å²) in [5, 5.41) is 3.21. The predicted octanol–water partition coefficient (Wildman–Crippen LogP) is 3.98. The van der Waals surface area contributed by atoms with E-state index < -0.39 is 0 Å². The quantitative estimate of drug-likeness (QED) is 0.264. The number of fused-ring (bicyclic) bond motifs is 7. The average molecular weight is 620 g/mol. The van der Waals surface area contributed by atoms with Crippen molar-refractivity contribution in [2.45, 2.75) is 0 Å². The second kappa shape index (κ2) is 11.6. The maximum atomic E-state index is 6.91. The van der Waals surface area contributed by atoms with E-state index in [1.807, 2.05) is 36.4 Å². The Morgan fingerprint density at radius 2 is 0.760 bits per heavy atom. The van der Waals surface area contributed by atoms with Gasteiger partial charge in [0.25, 0.3) is 0 Å². The molecule has 218 valence electrons. The number of rotatable bonds is 4. The summed E-state index contributed by atoms with van der Waals surface area (Å²) < 4.78 is 4.31. The third kappa shape index (κ3) is 4.51. The normalized spacial score (nSPS) is 11.7. The highest BCUT2D eigenvalue weighted by molar-refractivity contribution is 6.61. The molecule has 0 unspecified atom stereocenters. The smallest absolute Gasteiger partial charge is 0.116 e. The minimum Gasteiger partial charge on any atom is -0.310 e. The maximum absolute atomic E-state index is 6.91. The number of hydrogen-bond donors (Lipinski definition) is 0. The van der Waals surface area contributed by atoms with Crippen LogP contribution in [-0.2, 0) is 0 Å². The molecule has 0 fully saturated rings. The fourth-order valence-corrected chi connectivity index (χ4v) is 7.57. The van der Waals surface area contributed by atoms with Gasteiger partial charge in [-0.15, -0.1) is 10.9 Å². The number of hydrogen-bond acceptors (Lipinski definition) is 0. The van der Waals surface area contributed by atoms with Crippen molar-refractivity contribution in [3.63, 3.8) is 0 Å². The topological polar surface area (TPSA) is 9.86 Å². The molecule has 12 radical (unpaired) electrons. The van der Waals surface area contributed by atoms with Gasteiger partial charge in [0, 0.05) is 44.0 Å². The van der Waals surface area contributed by atoms with Crippen LogP contribution in [0.15, 0.2) is 133 Å².